The lowest BCUT2D eigenvalue weighted by Gasteiger charge is -2.15. The van der Waals surface area contributed by atoms with Gasteiger partial charge in [-0.2, -0.15) is 5.26 Å². The van der Waals surface area contributed by atoms with Gasteiger partial charge >= 0.3 is 0 Å². The van der Waals surface area contributed by atoms with Crippen molar-refractivity contribution in [3.63, 3.8) is 0 Å². The third-order valence-electron chi connectivity index (χ3n) is 3.86. The third-order valence-corrected chi connectivity index (χ3v) is 4.63. The van der Waals surface area contributed by atoms with E-state index in [0.717, 1.165) is 22.0 Å². The second kappa shape index (κ2) is 7.81. The molecule has 0 radical (unpaired) electrons. The van der Waals surface area contributed by atoms with E-state index < -0.39 is 6.04 Å². The molecule has 3 rings (SSSR count). The lowest BCUT2D eigenvalue weighted by molar-refractivity contribution is -0.116. The lowest BCUT2D eigenvalue weighted by atomic mass is 10.1. The Morgan fingerprint density at radius 2 is 1.77 bits per heavy atom. The number of amides is 1. The molecule has 5 nitrogen and oxygen atoms in total. The molecule has 0 aliphatic carbocycles. The van der Waals surface area contributed by atoms with Crippen LogP contribution < -0.4 is 10.6 Å². The molecule has 2 N–H and O–H groups in total. The van der Waals surface area contributed by atoms with Crippen LogP contribution in [0.25, 0.3) is 11.3 Å². The molecule has 1 atom stereocenters. The maximum absolute atomic E-state index is 12.3. The number of rotatable bonds is 5. The molecular weight excluding hydrogens is 344 g/mol. The van der Waals surface area contributed by atoms with Crippen molar-refractivity contribution in [2.75, 3.05) is 10.6 Å². The molecule has 0 saturated heterocycles. The summed E-state index contributed by atoms with van der Waals surface area (Å²) in [6.07, 6.45) is 0. The molecule has 0 saturated carbocycles. The van der Waals surface area contributed by atoms with Gasteiger partial charge in [0.15, 0.2) is 0 Å². The molecule has 1 heterocycles. The molecule has 6 heteroatoms. The number of nitriles is 1. The summed E-state index contributed by atoms with van der Waals surface area (Å²) in [5.41, 5.74) is 4.10. The second-order valence-electron chi connectivity index (χ2n) is 5.87. The first-order valence-corrected chi connectivity index (χ1v) is 9.03. The van der Waals surface area contributed by atoms with Gasteiger partial charge in [-0.25, -0.2) is 4.98 Å². The van der Waals surface area contributed by atoms with E-state index in [4.69, 9.17) is 5.26 Å². The molecule has 2 aromatic carbocycles. The molecule has 1 aromatic heterocycles. The Hall–Kier alpha value is -3.17. The summed E-state index contributed by atoms with van der Waals surface area (Å²) in [7, 11) is 0. The molecule has 0 unspecified atom stereocenters. The Kier molecular flexibility index (Phi) is 5.30. The fourth-order valence-electron chi connectivity index (χ4n) is 2.43. The summed E-state index contributed by atoms with van der Waals surface area (Å²) in [5, 5.41) is 17.9. The smallest absolute Gasteiger partial charge is 0.246 e. The molecule has 3 aromatic rings. The van der Waals surface area contributed by atoms with Crippen LogP contribution in [0.3, 0.4) is 0 Å². The van der Waals surface area contributed by atoms with Gasteiger partial charge in [0.2, 0.25) is 5.91 Å². The highest BCUT2D eigenvalue weighted by Crippen LogP contribution is 2.23. The summed E-state index contributed by atoms with van der Waals surface area (Å²) >= 11 is 1.62. The van der Waals surface area contributed by atoms with E-state index in [9.17, 15) is 4.79 Å². The monoisotopic (exact) mass is 362 g/mol. The molecule has 0 aliphatic heterocycles. The van der Waals surface area contributed by atoms with Crippen molar-refractivity contribution >= 4 is 28.6 Å². The van der Waals surface area contributed by atoms with Gasteiger partial charge in [-0.15, -0.1) is 11.3 Å². The Morgan fingerprint density at radius 1 is 1.12 bits per heavy atom. The number of thiazole rings is 1. The van der Waals surface area contributed by atoms with E-state index in [0.29, 0.717) is 11.3 Å². The van der Waals surface area contributed by atoms with Gasteiger partial charge in [0.25, 0.3) is 0 Å². The van der Waals surface area contributed by atoms with E-state index >= 15 is 0 Å². The van der Waals surface area contributed by atoms with Crippen LogP contribution in [0, 0.1) is 18.3 Å². The molecule has 0 aliphatic rings. The summed E-state index contributed by atoms with van der Waals surface area (Å²) in [5.74, 6) is -0.145. The van der Waals surface area contributed by atoms with E-state index in [1.165, 1.54) is 0 Å². The minimum Gasteiger partial charge on any atom is -0.374 e. The number of aromatic nitrogens is 1. The van der Waals surface area contributed by atoms with E-state index in [1.807, 2.05) is 36.6 Å². The predicted molar refractivity (Wildman–Crippen MR) is 105 cm³/mol. The maximum Gasteiger partial charge on any atom is 0.246 e. The number of benzene rings is 2. The van der Waals surface area contributed by atoms with Crippen molar-refractivity contribution in [3.8, 4) is 17.3 Å². The number of carbonyl (C=O) groups excluding carboxylic acids is 1. The largest absolute Gasteiger partial charge is 0.374 e. The van der Waals surface area contributed by atoms with Crippen molar-refractivity contribution in [2.45, 2.75) is 19.9 Å². The highest BCUT2D eigenvalue weighted by atomic mass is 32.1. The van der Waals surface area contributed by atoms with Crippen LogP contribution in [0.4, 0.5) is 11.4 Å². The average Bonchev–Trinajstić information content (AvgIpc) is 3.09. The number of hydrogen-bond donors (Lipinski definition) is 2. The van der Waals surface area contributed by atoms with Gasteiger partial charge in [-0.3, -0.25) is 4.79 Å². The fourth-order valence-corrected chi connectivity index (χ4v) is 3.05. The van der Waals surface area contributed by atoms with Gasteiger partial charge in [-0.05, 0) is 50.2 Å². The Morgan fingerprint density at radius 3 is 2.35 bits per heavy atom. The predicted octanol–water partition coefficient (Wildman–Crippen LogP) is 4.43. The third kappa shape index (κ3) is 4.26. The normalized spacial score (nSPS) is 11.4. The average molecular weight is 362 g/mol. The topological polar surface area (TPSA) is 77.8 Å². The maximum atomic E-state index is 12.3. The fraction of sp³-hybridized carbons (Fsp3) is 0.150. The first-order chi connectivity index (χ1) is 12.5. The van der Waals surface area contributed by atoms with Gasteiger partial charge in [-0.1, -0.05) is 12.1 Å². The second-order valence-corrected chi connectivity index (χ2v) is 6.94. The van der Waals surface area contributed by atoms with Crippen LogP contribution in [-0.2, 0) is 4.79 Å². The Labute approximate surface area is 156 Å². The summed E-state index contributed by atoms with van der Waals surface area (Å²) in [6, 6.07) is 16.3. The molecule has 0 fully saturated rings. The van der Waals surface area contributed by atoms with Gasteiger partial charge in [0.05, 0.1) is 22.3 Å². The van der Waals surface area contributed by atoms with E-state index in [-0.39, 0.29) is 5.91 Å². The van der Waals surface area contributed by atoms with Crippen LogP contribution in [0.2, 0.25) is 0 Å². The Bertz CT molecular complexity index is 939. The van der Waals surface area contributed by atoms with Crippen molar-refractivity contribution in [1.29, 1.82) is 5.26 Å². The number of anilines is 2. The molecule has 130 valence electrons. The molecule has 26 heavy (non-hydrogen) atoms. The van der Waals surface area contributed by atoms with Gasteiger partial charge < -0.3 is 10.6 Å². The first-order valence-electron chi connectivity index (χ1n) is 8.15. The van der Waals surface area contributed by atoms with Crippen LogP contribution in [0.15, 0.2) is 53.9 Å². The van der Waals surface area contributed by atoms with Crippen LogP contribution in [0.1, 0.15) is 17.5 Å². The number of nitrogens with zero attached hydrogens (tertiary/aromatic N) is 2. The van der Waals surface area contributed by atoms with Gasteiger partial charge in [0.1, 0.15) is 6.04 Å². The van der Waals surface area contributed by atoms with E-state index in [1.54, 1.807) is 42.5 Å². The van der Waals surface area contributed by atoms with Crippen LogP contribution in [-0.4, -0.2) is 16.9 Å². The standard InChI is InChI=1S/C20H18N4OS/c1-13(20(25)24-18-7-3-15(11-21)4-8-18)22-17-9-5-16(6-10-17)19-12-26-14(2)23-19/h3-10,12-13,22H,1-2H3,(H,24,25)/t13-/m0/s1. The summed E-state index contributed by atoms with van der Waals surface area (Å²) in [6.45, 7) is 3.79. The highest BCUT2D eigenvalue weighted by Gasteiger charge is 2.13. The minimum atomic E-state index is -0.405. The molecule has 0 bridgehead atoms. The minimum absolute atomic E-state index is 0.145. The summed E-state index contributed by atoms with van der Waals surface area (Å²) < 4.78 is 0. The van der Waals surface area contributed by atoms with Gasteiger partial charge in [0, 0.05) is 22.3 Å². The van der Waals surface area contributed by atoms with Crippen LogP contribution >= 0.6 is 11.3 Å². The first kappa shape index (κ1) is 17.6. The number of hydrogen-bond acceptors (Lipinski definition) is 5. The van der Waals surface area contributed by atoms with Crippen molar-refractivity contribution in [3.05, 3.63) is 64.5 Å². The Balaban J connectivity index is 1.60. The zero-order chi connectivity index (χ0) is 18.5. The molecule has 0 spiro atoms. The molecular formula is C20H18N4OS. The van der Waals surface area contributed by atoms with Crippen LogP contribution in [0.5, 0.6) is 0 Å². The highest BCUT2D eigenvalue weighted by molar-refractivity contribution is 7.09. The number of aryl methyl sites for hydroxylation is 1. The van der Waals surface area contributed by atoms with Crippen molar-refractivity contribution < 1.29 is 4.79 Å². The quantitative estimate of drug-likeness (QED) is 0.704. The zero-order valence-electron chi connectivity index (χ0n) is 14.5. The van der Waals surface area contributed by atoms with Crippen molar-refractivity contribution in [2.24, 2.45) is 0 Å². The zero-order valence-corrected chi connectivity index (χ0v) is 15.3. The molecule has 1 amide bonds. The number of nitrogens with one attached hydrogen (secondary N) is 2. The van der Waals surface area contributed by atoms with Crippen molar-refractivity contribution in [1.82, 2.24) is 4.98 Å². The lowest BCUT2D eigenvalue weighted by Crippen LogP contribution is -2.31. The number of carbonyl (C=O) groups is 1. The van der Waals surface area contributed by atoms with E-state index in [2.05, 4.69) is 21.7 Å². The SMILES string of the molecule is Cc1nc(-c2ccc(N[C@@H](C)C(=O)Nc3ccc(C#N)cc3)cc2)cs1. The summed E-state index contributed by atoms with van der Waals surface area (Å²) in [4.78, 5) is 16.8.